The lowest BCUT2D eigenvalue weighted by molar-refractivity contribution is -0.153. The number of hydrogen-bond donors (Lipinski definition) is 0. The fourth-order valence-electron chi connectivity index (χ4n) is 0.323. The fourth-order valence-corrected chi connectivity index (χ4v) is 0.323. The van der Waals surface area contributed by atoms with Crippen molar-refractivity contribution in [3.8, 4) is 6.26 Å². The highest BCUT2D eigenvalue weighted by atomic mass is 16.6. The summed E-state index contributed by atoms with van der Waals surface area (Å²) in [6.45, 7) is 1.01. The molecule has 0 atom stereocenters. The van der Waals surface area contributed by atoms with Crippen molar-refractivity contribution in [2.45, 2.75) is 6.92 Å². The van der Waals surface area contributed by atoms with Gasteiger partial charge in [0.1, 0.15) is 13.2 Å². The van der Waals surface area contributed by atoms with E-state index in [0.717, 1.165) is 6.92 Å². The van der Waals surface area contributed by atoms with Crippen LogP contribution >= 0.6 is 0 Å². The molecule has 0 N–H and O–H groups in total. The lowest BCUT2D eigenvalue weighted by Crippen LogP contribution is -2.16. The summed E-state index contributed by atoms with van der Waals surface area (Å²) < 4.78 is 8.52. The molecule has 11 heavy (non-hydrogen) atoms. The molecule has 0 aliphatic heterocycles. The lowest BCUT2D eigenvalue weighted by Gasteiger charge is -1.98. The van der Waals surface area contributed by atoms with E-state index < -0.39 is 11.8 Å². The van der Waals surface area contributed by atoms with Gasteiger partial charge in [0, 0.05) is 6.92 Å². The van der Waals surface area contributed by atoms with Gasteiger partial charge in [-0.3, -0.25) is 4.79 Å². The van der Waals surface area contributed by atoms with Crippen LogP contribution in [-0.2, 0) is 19.1 Å². The van der Waals surface area contributed by atoms with Gasteiger partial charge in [0.15, 0.2) is 0 Å². The van der Waals surface area contributed by atoms with Crippen molar-refractivity contribution in [2.75, 3.05) is 13.2 Å². The van der Waals surface area contributed by atoms with Crippen molar-refractivity contribution in [3.05, 3.63) is 0 Å². The summed E-state index contributed by atoms with van der Waals surface area (Å²) >= 11 is 0. The Bertz CT molecular complexity index is 193. The van der Waals surface area contributed by atoms with Crippen LogP contribution in [0.25, 0.3) is 0 Å². The first kappa shape index (κ1) is 9.43. The number of rotatable bonds is 4. The van der Waals surface area contributed by atoms with E-state index in [2.05, 4.69) is 9.47 Å². The molecule has 0 aliphatic carbocycles. The minimum Gasteiger partial charge on any atom is -0.456 e. The van der Waals surface area contributed by atoms with Gasteiger partial charge in [-0.05, 0) is 0 Å². The molecule has 0 fully saturated rings. The standard InChI is InChI=1S/C6H7NO4/c1-5(8)6(9)11-3-2-10-4-7/h2-3H2,1H3. The van der Waals surface area contributed by atoms with E-state index in [-0.39, 0.29) is 13.2 Å². The summed E-state index contributed by atoms with van der Waals surface area (Å²) in [4.78, 5) is 20.6. The molecule has 0 spiro atoms. The van der Waals surface area contributed by atoms with Gasteiger partial charge in [-0.25, -0.2) is 4.79 Å². The number of hydrogen-bond acceptors (Lipinski definition) is 5. The summed E-state index contributed by atoms with van der Waals surface area (Å²) in [5, 5.41) is 7.86. The van der Waals surface area contributed by atoms with Gasteiger partial charge in [0.05, 0.1) is 0 Å². The Morgan fingerprint density at radius 3 is 2.55 bits per heavy atom. The SMILES string of the molecule is CC(=O)C(=O)OCCOC#N. The molecule has 0 rings (SSSR count). The Labute approximate surface area is 63.5 Å². The summed E-state index contributed by atoms with van der Waals surface area (Å²) in [6, 6.07) is 0. The molecule has 0 saturated heterocycles. The topological polar surface area (TPSA) is 76.4 Å². The largest absolute Gasteiger partial charge is 0.456 e. The molecule has 0 bridgehead atoms. The first-order valence-electron chi connectivity index (χ1n) is 2.87. The van der Waals surface area contributed by atoms with Crippen molar-refractivity contribution in [2.24, 2.45) is 0 Å². The average Bonchev–Trinajstić information content (AvgIpc) is 1.97. The maximum atomic E-state index is 10.4. The van der Waals surface area contributed by atoms with Gasteiger partial charge in [-0.2, -0.15) is 5.26 Å². The predicted molar refractivity (Wildman–Crippen MR) is 33.2 cm³/mol. The summed E-state index contributed by atoms with van der Waals surface area (Å²) in [6.07, 6.45) is 1.39. The molecule has 60 valence electrons. The van der Waals surface area contributed by atoms with Crippen molar-refractivity contribution in [3.63, 3.8) is 0 Å². The van der Waals surface area contributed by atoms with Crippen molar-refractivity contribution >= 4 is 11.8 Å². The third-order valence-corrected chi connectivity index (χ3v) is 0.771. The quantitative estimate of drug-likeness (QED) is 0.240. The van der Waals surface area contributed by atoms with Crippen molar-refractivity contribution in [1.82, 2.24) is 0 Å². The molecule has 0 unspecified atom stereocenters. The van der Waals surface area contributed by atoms with Crippen LogP contribution in [0.15, 0.2) is 0 Å². The van der Waals surface area contributed by atoms with E-state index in [0.29, 0.717) is 0 Å². The van der Waals surface area contributed by atoms with Gasteiger partial charge in [0.25, 0.3) is 6.26 Å². The van der Waals surface area contributed by atoms with Crippen LogP contribution in [0.3, 0.4) is 0 Å². The summed E-state index contributed by atoms with van der Waals surface area (Å²) in [7, 11) is 0. The molecule has 0 amide bonds. The number of esters is 1. The Morgan fingerprint density at radius 2 is 2.09 bits per heavy atom. The molecule has 5 nitrogen and oxygen atoms in total. The molecule has 0 heterocycles. The van der Waals surface area contributed by atoms with Crippen LogP contribution in [0, 0.1) is 11.5 Å². The molecule has 0 aromatic rings. The van der Waals surface area contributed by atoms with Crippen LogP contribution in [0.5, 0.6) is 0 Å². The number of nitrogens with zero attached hydrogens (tertiary/aromatic N) is 1. The van der Waals surface area contributed by atoms with Crippen molar-refractivity contribution < 1.29 is 19.1 Å². The maximum absolute atomic E-state index is 10.4. The van der Waals surface area contributed by atoms with Gasteiger partial charge in [0.2, 0.25) is 5.78 Å². The number of ether oxygens (including phenoxy) is 2. The molecule has 0 saturated carbocycles. The third kappa shape index (κ3) is 4.90. The Kier molecular flexibility index (Phi) is 4.49. The molecular weight excluding hydrogens is 150 g/mol. The molecule has 0 aromatic heterocycles. The highest BCUT2D eigenvalue weighted by Gasteiger charge is 2.07. The second-order valence-corrected chi connectivity index (χ2v) is 1.63. The third-order valence-electron chi connectivity index (χ3n) is 0.771. The summed E-state index contributed by atoms with van der Waals surface area (Å²) in [5.74, 6) is -1.58. The Hall–Kier alpha value is -1.57. The van der Waals surface area contributed by atoms with Crippen molar-refractivity contribution in [1.29, 1.82) is 5.26 Å². The van der Waals surface area contributed by atoms with Crippen LogP contribution < -0.4 is 0 Å². The molecular formula is C6H7NO4. The number of carbonyl (C=O) groups excluding carboxylic acids is 2. The number of ketones is 1. The van der Waals surface area contributed by atoms with Gasteiger partial charge < -0.3 is 9.47 Å². The van der Waals surface area contributed by atoms with Crippen LogP contribution in [-0.4, -0.2) is 25.0 Å². The van der Waals surface area contributed by atoms with Crippen LogP contribution in [0.1, 0.15) is 6.92 Å². The first-order valence-corrected chi connectivity index (χ1v) is 2.87. The highest BCUT2D eigenvalue weighted by Crippen LogP contribution is 1.80. The first-order chi connectivity index (χ1) is 5.18. The van der Waals surface area contributed by atoms with Gasteiger partial charge in [-0.1, -0.05) is 0 Å². The average molecular weight is 157 g/mol. The molecule has 0 radical (unpaired) electrons. The van der Waals surface area contributed by atoms with E-state index in [1.807, 2.05) is 0 Å². The Balaban J connectivity index is 3.34. The minimum absolute atomic E-state index is 0.0183. The smallest absolute Gasteiger partial charge is 0.374 e. The minimum atomic E-state index is -0.911. The molecule has 5 heteroatoms. The lowest BCUT2D eigenvalue weighted by atomic mass is 10.5. The normalized spacial score (nSPS) is 8.00. The fraction of sp³-hybridized carbons (Fsp3) is 0.500. The van der Waals surface area contributed by atoms with Gasteiger partial charge >= 0.3 is 5.97 Å². The van der Waals surface area contributed by atoms with Crippen LogP contribution in [0.2, 0.25) is 0 Å². The van der Waals surface area contributed by atoms with E-state index in [1.54, 1.807) is 0 Å². The van der Waals surface area contributed by atoms with E-state index in [1.165, 1.54) is 6.26 Å². The second-order valence-electron chi connectivity index (χ2n) is 1.63. The monoisotopic (exact) mass is 157 g/mol. The zero-order valence-electron chi connectivity index (χ0n) is 5.99. The Morgan fingerprint density at radius 1 is 1.45 bits per heavy atom. The predicted octanol–water partition coefficient (Wildman–Crippen LogP) is -0.384. The van der Waals surface area contributed by atoms with E-state index in [9.17, 15) is 9.59 Å². The zero-order chi connectivity index (χ0) is 8.69. The molecule has 0 aliphatic rings. The maximum Gasteiger partial charge on any atom is 0.374 e. The van der Waals surface area contributed by atoms with Crippen LogP contribution in [0.4, 0.5) is 0 Å². The number of Topliss-reactive ketones (excluding diaryl/α,β-unsaturated/α-hetero) is 1. The van der Waals surface area contributed by atoms with Gasteiger partial charge in [-0.15, -0.1) is 0 Å². The van der Waals surface area contributed by atoms with E-state index in [4.69, 9.17) is 5.26 Å². The zero-order valence-corrected chi connectivity index (χ0v) is 5.99. The summed E-state index contributed by atoms with van der Waals surface area (Å²) in [5.41, 5.74) is 0. The highest BCUT2D eigenvalue weighted by molar-refractivity contribution is 6.32. The molecule has 0 aromatic carbocycles. The van der Waals surface area contributed by atoms with E-state index >= 15 is 0 Å². The number of carbonyl (C=O) groups is 2. The number of nitriles is 1. The second kappa shape index (κ2) is 5.23.